The summed E-state index contributed by atoms with van der Waals surface area (Å²) in [4.78, 5) is 18.5. The highest BCUT2D eigenvalue weighted by Crippen LogP contribution is 2.36. The van der Waals surface area contributed by atoms with Gasteiger partial charge in [0.1, 0.15) is 23.0 Å². The van der Waals surface area contributed by atoms with Crippen molar-refractivity contribution in [3.05, 3.63) is 64.8 Å². The third-order valence-electron chi connectivity index (χ3n) is 6.18. The SMILES string of the molecule is Cc1c(-c2cc(O[C@H](C)c3ccncc3)c3c(Cl)cnn3c2)nn2c1CN(C(=O)OC(C)(C)C)CC2. The first-order valence-electron chi connectivity index (χ1n) is 11.9. The van der Waals surface area contributed by atoms with Crippen molar-refractivity contribution in [3.63, 3.8) is 0 Å². The first-order chi connectivity index (χ1) is 17.1. The number of carbonyl (C=O) groups excluding carboxylic acids is 1. The van der Waals surface area contributed by atoms with E-state index in [2.05, 4.69) is 10.1 Å². The molecule has 0 aromatic carbocycles. The maximum Gasteiger partial charge on any atom is 0.410 e. The van der Waals surface area contributed by atoms with Crippen LogP contribution in [0.1, 0.15) is 50.6 Å². The first-order valence-corrected chi connectivity index (χ1v) is 12.3. The highest BCUT2D eigenvalue weighted by molar-refractivity contribution is 6.34. The van der Waals surface area contributed by atoms with Gasteiger partial charge in [-0.05, 0) is 58.4 Å². The molecular formula is C26H29ClN6O3. The highest BCUT2D eigenvalue weighted by Gasteiger charge is 2.29. The molecule has 0 radical (unpaired) electrons. The molecule has 188 valence electrons. The molecule has 9 nitrogen and oxygen atoms in total. The molecule has 1 aliphatic heterocycles. The van der Waals surface area contributed by atoms with Crippen LogP contribution in [0.25, 0.3) is 16.8 Å². The lowest BCUT2D eigenvalue weighted by Crippen LogP contribution is -2.41. The second-order valence-electron chi connectivity index (χ2n) is 9.96. The Hall–Kier alpha value is -3.59. The quantitative estimate of drug-likeness (QED) is 0.364. The third kappa shape index (κ3) is 4.63. The van der Waals surface area contributed by atoms with Crippen LogP contribution in [0.15, 0.2) is 43.0 Å². The van der Waals surface area contributed by atoms with Gasteiger partial charge in [0.2, 0.25) is 0 Å². The van der Waals surface area contributed by atoms with E-state index in [1.807, 2.05) is 63.7 Å². The highest BCUT2D eigenvalue weighted by atomic mass is 35.5. The minimum absolute atomic E-state index is 0.225. The van der Waals surface area contributed by atoms with Gasteiger partial charge >= 0.3 is 6.09 Å². The summed E-state index contributed by atoms with van der Waals surface area (Å²) in [6.45, 7) is 11.2. The van der Waals surface area contributed by atoms with Crippen molar-refractivity contribution < 1.29 is 14.3 Å². The normalized spacial score (nSPS) is 14.6. The second kappa shape index (κ2) is 9.13. The Bertz CT molecular complexity index is 1420. The van der Waals surface area contributed by atoms with E-state index in [4.69, 9.17) is 26.2 Å². The van der Waals surface area contributed by atoms with E-state index in [1.54, 1.807) is 28.0 Å². The summed E-state index contributed by atoms with van der Waals surface area (Å²) < 4.78 is 15.6. The molecule has 5 rings (SSSR count). The number of rotatable bonds is 4. The minimum Gasteiger partial charge on any atom is -0.484 e. The summed E-state index contributed by atoms with van der Waals surface area (Å²) in [5.74, 6) is 0.611. The van der Waals surface area contributed by atoms with Crippen molar-refractivity contribution in [2.75, 3.05) is 6.54 Å². The van der Waals surface area contributed by atoms with E-state index >= 15 is 0 Å². The predicted molar refractivity (Wildman–Crippen MR) is 136 cm³/mol. The van der Waals surface area contributed by atoms with E-state index in [0.29, 0.717) is 35.9 Å². The molecule has 36 heavy (non-hydrogen) atoms. The van der Waals surface area contributed by atoms with Crippen molar-refractivity contribution in [1.82, 2.24) is 29.3 Å². The molecule has 0 aliphatic carbocycles. The molecular weight excluding hydrogens is 480 g/mol. The van der Waals surface area contributed by atoms with Crippen LogP contribution in [0.5, 0.6) is 5.75 Å². The number of halogens is 1. The largest absolute Gasteiger partial charge is 0.484 e. The Morgan fingerprint density at radius 2 is 1.94 bits per heavy atom. The molecule has 10 heteroatoms. The summed E-state index contributed by atoms with van der Waals surface area (Å²) in [6.07, 6.45) is 6.45. The zero-order valence-electron chi connectivity index (χ0n) is 21.0. The average molecular weight is 509 g/mol. The van der Waals surface area contributed by atoms with Crippen LogP contribution in [0.3, 0.4) is 0 Å². The Balaban J connectivity index is 1.49. The fourth-order valence-corrected chi connectivity index (χ4v) is 4.59. The molecule has 1 atom stereocenters. The van der Waals surface area contributed by atoms with Gasteiger partial charge in [0.25, 0.3) is 0 Å². The van der Waals surface area contributed by atoms with Crippen molar-refractivity contribution >= 4 is 23.2 Å². The molecule has 1 amide bonds. The van der Waals surface area contributed by atoms with Crippen LogP contribution in [-0.4, -0.2) is 47.5 Å². The molecule has 1 aliphatic rings. The van der Waals surface area contributed by atoms with Crippen LogP contribution >= 0.6 is 11.6 Å². The van der Waals surface area contributed by atoms with Crippen LogP contribution in [-0.2, 0) is 17.8 Å². The van der Waals surface area contributed by atoms with Crippen molar-refractivity contribution in [3.8, 4) is 17.0 Å². The second-order valence-corrected chi connectivity index (χ2v) is 10.4. The summed E-state index contributed by atoms with van der Waals surface area (Å²) >= 11 is 6.47. The summed E-state index contributed by atoms with van der Waals surface area (Å²) in [5.41, 5.74) is 4.79. The van der Waals surface area contributed by atoms with Gasteiger partial charge < -0.3 is 14.4 Å². The van der Waals surface area contributed by atoms with Gasteiger partial charge in [0.15, 0.2) is 0 Å². The molecule has 5 heterocycles. The zero-order chi connectivity index (χ0) is 25.6. The molecule has 0 bridgehead atoms. The molecule has 0 saturated heterocycles. The number of aromatic nitrogens is 5. The number of hydrogen-bond acceptors (Lipinski definition) is 6. The number of carbonyl (C=O) groups is 1. The molecule has 0 fully saturated rings. The van der Waals surface area contributed by atoms with Gasteiger partial charge in [-0.3, -0.25) is 9.67 Å². The number of nitrogens with zero attached hydrogens (tertiary/aromatic N) is 6. The Morgan fingerprint density at radius 3 is 2.67 bits per heavy atom. The van der Waals surface area contributed by atoms with Gasteiger partial charge in [0, 0.05) is 36.3 Å². The summed E-state index contributed by atoms with van der Waals surface area (Å²) in [6, 6.07) is 5.80. The minimum atomic E-state index is -0.542. The van der Waals surface area contributed by atoms with Gasteiger partial charge in [-0.15, -0.1) is 0 Å². The average Bonchev–Trinajstić information content (AvgIpc) is 3.38. The molecule has 0 spiro atoms. The maximum atomic E-state index is 12.7. The predicted octanol–water partition coefficient (Wildman–Crippen LogP) is 5.45. The smallest absolute Gasteiger partial charge is 0.410 e. The van der Waals surface area contributed by atoms with Crippen molar-refractivity contribution in [2.45, 2.75) is 59.4 Å². The van der Waals surface area contributed by atoms with E-state index in [1.165, 1.54) is 0 Å². The fraction of sp³-hybridized carbons (Fsp3) is 0.385. The lowest BCUT2D eigenvalue weighted by molar-refractivity contribution is 0.0194. The Labute approximate surface area is 214 Å². The van der Waals surface area contributed by atoms with Gasteiger partial charge in [-0.2, -0.15) is 10.2 Å². The van der Waals surface area contributed by atoms with E-state index < -0.39 is 5.60 Å². The van der Waals surface area contributed by atoms with E-state index in [9.17, 15) is 4.79 Å². The van der Waals surface area contributed by atoms with Gasteiger partial charge in [-0.1, -0.05) is 11.6 Å². The zero-order valence-corrected chi connectivity index (χ0v) is 21.8. The third-order valence-corrected chi connectivity index (χ3v) is 6.46. The Morgan fingerprint density at radius 1 is 1.19 bits per heavy atom. The topological polar surface area (TPSA) is 86.8 Å². The standard InChI is InChI=1S/C26H29ClN6O3/c1-16-21-15-31(25(34)36-26(3,4)5)10-11-32(21)30-23(16)19-12-22(24-20(27)13-29-33(24)14-19)35-17(2)18-6-8-28-9-7-18/h6-9,12-14,17H,10-11,15H2,1-5H3/t17-/m1/s1. The number of hydrogen-bond donors (Lipinski definition) is 0. The molecule has 4 aromatic rings. The Kier molecular flexibility index (Phi) is 6.12. The van der Waals surface area contributed by atoms with E-state index in [0.717, 1.165) is 28.1 Å². The van der Waals surface area contributed by atoms with Crippen molar-refractivity contribution in [1.29, 1.82) is 0 Å². The van der Waals surface area contributed by atoms with E-state index in [-0.39, 0.29) is 12.2 Å². The summed E-state index contributed by atoms with van der Waals surface area (Å²) in [7, 11) is 0. The van der Waals surface area contributed by atoms with Crippen LogP contribution in [0, 0.1) is 6.92 Å². The van der Waals surface area contributed by atoms with Gasteiger partial charge in [-0.25, -0.2) is 9.31 Å². The number of pyridine rings is 2. The molecule has 4 aromatic heterocycles. The van der Waals surface area contributed by atoms with Crippen LogP contribution in [0.4, 0.5) is 4.79 Å². The molecule has 0 N–H and O–H groups in total. The molecule has 0 saturated carbocycles. The monoisotopic (exact) mass is 508 g/mol. The lowest BCUT2D eigenvalue weighted by atomic mass is 10.1. The fourth-order valence-electron chi connectivity index (χ4n) is 4.36. The lowest BCUT2D eigenvalue weighted by Gasteiger charge is -2.30. The first kappa shape index (κ1) is 24.1. The van der Waals surface area contributed by atoms with Crippen molar-refractivity contribution in [2.24, 2.45) is 0 Å². The summed E-state index contributed by atoms with van der Waals surface area (Å²) in [5, 5.41) is 9.80. The molecule has 0 unspecified atom stereocenters. The number of amides is 1. The number of ether oxygens (including phenoxy) is 2. The maximum absolute atomic E-state index is 12.7. The van der Waals surface area contributed by atoms with Gasteiger partial charge in [0.05, 0.1) is 35.7 Å². The number of fused-ring (bicyclic) bond motifs is 2. The van der Waals surface area contributed by atoms with Crippen LogP contribution < -0.4 is 4.74 Å². The van der Waals surface area contributed by atoms with Crippen LogP contribution in [0.2, 0.25) is 5.02 Å².